The zero-order valence-electron chi connectivity index (χ0n) is 23.2. The number of esters is 1. The number of carbonyl (C=O) groups excluding carboxylic acids is 1. The molecule has 0 amide bonds. The van der Waals surface area contributed by atoms with Crippen molar-refractivity contribution in [3.8, 4) is 16.9 Å². The highest BCUT2D eigenvalue weighted by Gasteiger charge is 2.33. The molecule has 1 aliphatic heterocycles. The molecule has 0 fully saturated rings. The number of hydrogen-bond acceptors (Lipinski definition) is 6. The molecule has 42 heavy (non-hydrogen) atoms. The van der Waals surface area contributed by atoms with Gasteiger partial charge >= 0.3 is 5.97 Å². The van der Waals surface area contributed by atoms with Crippen LogP contribution in [0.25, 0.3) is 23.0 Å². The van der Waals surface area contributed by atoms with Crippen LogP contribution < -0.4 is 14.9 Å². The number of allylic oxidation sites excluding steroid dienone is 1. The van der Waals surface area contributed by atoms with Gasteiger partial charge in [0.25, 0.3) is 5.56 Å². The quantitative estimate of drug-likeness (QED) is 0.239. The third-order valence-electron chi connectivity index (χ3n) is 7.08. The highest BCUT2D eigenvalue weighted by atomic mass is 35.5. The van der Waals surface area contributed by atoms with E-state index < -0.39 is 12.0 Å². The summed E-state index contributed by atoms with van der Waals surface area (Å²) in [5, 5.41) is 5.50. The molecule has 0 N–H and O–H groups in total. The molecular weight excluding hydrogens is 568 g/mol. The van der Waals surface area contributed by atoms with Gasteiger partial charge in [-0.2, -0.15) is 5.10 Å². The number of para-hydroxylation sites is 1. The van der Waals surface area contributed by atoms with Crippen LogP contribution in [0, 0.1) is 6.92 Å². The summed E-state index contributed by atoms with van der Waals surface area (Å²) in [5.41, 5.74) is 5.77. The lowest BCUT2D eigenvalue weighted by atomic mass is 9.95. The predicted octanol–water partition coefficient (Wildman–Crippen LogP) is 5.61. The first-order valence-corrected chi connectivity index (χ1v) is 14.7. The summed E-state index contributed by atoms with van der Waals surface area (Å²) in [6, 6.07) is 24.4. The lowest BCUT2D eigenvalue weighted by Crippen LogP contribution is -2.39. The van der Waals surface area contributed by atoms with E-state index in [9.17, 15) is 9.59 Å². The van der Waals surface area contributed by atoms with E-state index in [0.29, 0.717) is 31.3 Å². The number of aromatic nitrogens is 3. The molecule has 0 saturated carbocycles. The van der Waals surface area contributed by atoms with Crippen LogP contribution in [0.3, 0.4) is 0 Å². The third kappa shape index (κ3) is 5.15. The molecule has 3 aromatic carbocycles. The molecule has 7 nitrogen and oxygen atoms in total. The highest BCUT2D eigenvalue weighted by Crippen LogP contribution is 2.31. The number of nitrogens with zero attached hydrogens (tertiary/aromatic N) is 4. The zero-order chi connectivity index (χ0) is 29.4. The maximum absolute atomic E-state index is 14.1. The van der Waals surface area contributed by atoms with Gasteiger partial charge < -0.3 is 4.74 Å². The Labute approximate surface area is 251 Å². The van der Waals surface area contributed by atoms with Crippen LogP contribution in [0.5, 0.6) is 0 Å². The Hall–Kier alpha value is -4.53. The summed E-state index contributed by atoms with van der Waals surface area (Å²) in [4.78, 5) is 32.5. The minimum absolute atomic E-state index is 0.222. The molecule has 0 aliphatic carbocycles. The van der Waals surface area contributed by atoms with Gasteiger partial charge in [0.15, 0.2) is 4.80 Å². The number of halogens is 1. The monoisotopic (exact) mass is 594 g/mol. The van der Waals surface area contributed by atoms with E-state index in [2.05, 4.69) is 0 Å². The van der Waals surface area contributed by atoms with Crippen molar-refractivity contribution in [1.29, 1.82) is 0 Å². The predicted molar refractivity (Wildman–Crippen MR) is 166 cm³/mol. The normalized spacial score (nSPS) is 15.0. The van der Waals surface area contributed by atoms with E-state index in [0.717, 1.165) is 27.9 Å². The van der Waals surface area contributed by atoms with E-state index in [4.69, 9.17) is 26.4 Å². The minimum atomic E-state index is -0.661. The van der Waals surface area contributed by atoms with E-state index in [1.54, 1.807) is 23.1 Å². The van der Waals surface area contributed by atoms with Crippen molar-refractivity contribution in [3.05, 3.63) is 138 Å². The van der Waals surface area contributed by atoms with Gasteiger partial charge in [-0.1, -0.05) is 83.1 Å². The molecule has 0 spiro atoms. The summed E-state index contributed by atoms with van der Waals surface area (Å²) in [7, 11) is 0. The van der Waals surface area contributed by atoms with Gasteiger partial charge in [-0.3, -0.25) is 9.36 Å². The Kier molecular flexibility index (Phi) is 7.49. The van der Waals surface area contributed by atoms with E-state index >= 15 is 0 Å². The van der Waals surface area contributed by atoms with Crippen molar-refractivity contribution in [2.75, 3.05) is 6.61 Å². The van der Waals surface area contributed by atoms with Gasteiger partial charge in [-0.15, -0.1) is 0 Å². The Bertz CT molecular complexity index is 2000. The van der Waals surface area contributed by atoms with Crippen molar-refractivity contribution >= 4 is 35.0 Å². The van der Waals surface area contributed by atoms with Crippen LogP contribution in [0.15, 0.2) is 106 Å². The topological polar surface area (TPSA) is 78.5 Å². The van der Waals surface area contributed by atoms with Crippen molar-refractivity contribution in [2.45, 2.75) is 26.8 Å². The van der Waals surface area contributed by atoms with Crippen molar-refractivity contribution in [3.63, 3.8) is 0 Å². The van der Waals surface area contributed by atoms with Crippen LogP contribution in [0.4, 0.5) is 0 Å². The van der Waals surface area contributed by atoms with E-state index in [-0.39, 0.29) is 12.2 Å². The second-order valence-electron chi connectivity index (χ2n) is 9.93. The summed E-state index contributed by atoms with van der Waals surface area (Å²) in [5.74, 6) is -0.479. The van der Waals surface area contributed by atoms with Crippen LogP contribution in [0.1, 0.15) is 36.6 Å². The van der Waals surface area contributed by atoms with Gasteiger partial charge in [-0.05, 0) is 56.7 Å². The van der Waals surface area contributed by atoms with Gasteiger partial charge in [0.05, 0.1) is 34.1 Å². The molecule has 6 rings (SSSR count). The molecule has 1 aliphatic rings. The molecular formula is C33H27ClN4O3S. The smallest absolute Gasteiger partial charge is 0.338 e. The molecule has 210 valence electrons. The molecule has 3 heterocycles. The maximum Gasteiger partial charge on any atom is 0.338 e. The van der Waals surface area contributed by atoms with Crippen molar-refractivity contribution in [1.82, 2.24) is 14.3 Å². The Morgan fingerprint density at radius 2 is 1.74 bits per heavy atom. The summed E-state index contributed by atoms with van der Waals surface area (Å²) in [6.45, 7) is 5.76. The number of rotatable bonds is 6. The van der Waals surface area contributed by atoms with Gasteiger partial charge in [0.1, 0.15) is 5.69 Å². The molecule has 0 bridgehead atoms. The van der Waals surface area contributed by atoms with Gasteiger partial charge in [0.2, 0.25) is 0 Å². The fourth-order valence-electron chi connectivity index (χ4n) is 5.03. The fourth-order valence-corrected chi connectivity index (χ4v) is 6.20. The second kappa shape index (κ2) is 11.4. The van der Waals surface area contributed by atoms with Gasteiger partial charge in [0, 0.05) is 22.3 Å². The highest BCUT2D eigenvalue weighted by molar-refractivity contribution is 7.07. The average molecular weight is 595 g/mol. The van der Waals surface area contributed by atoms with Crippen LogP contribution in [-0.2, 0) is 9.53 Å². The van der Waals surface area contributed by atoms with Crippen molar-refractivity contribution < 1.29 is 9.53 Å². The van der Waals surface area contributed by atoms with E-state index in [1.165, 1.54) is 11.3 Å². The first-order valence-electron chi connectivity index (χ1n) is 13.5. The van der Waals surface area contributed by atoms with Crippen LogP contribution in [0.2, 0.25) is 5.02 Å². The molecule has 1 unspecified atom stereocenters. The molecule has 5 aromatic rings. The Morgan fingerprint density at radius 1 is 1.02 bits per heavy atom. The maximum atomic E-state index is 14.1. The number of carbonyl (C=O) groups is 1. The molecule has 1 atom stereocenters. The number of thiazole rings is 1. The van der Waals surface area contributed by atoms with Crippen LogP contribution in [-0.4, -0.2) is 26.9 Å². The SMILES string of the molecule is CCOC(=O)C1=C(C)N=c2sc(=Cc3cn(-c4ccccc4)nc3-c3ccc(Cl)cc3)c(=O)n2C1c1ccc(C)cc1. The number of benzene rings is 3. The first kappa shape index (κ1) is 27.6. The fraction of sp³-hybridized carbons (Fsp3) is 0.152. The Morgan fingerprint density at radius 3 is 2.43 bits per heavy atom. The van der Waals surface area contributed by atoms with Gasteiger partial charge in [-0.25, -0.2) is 14.5 Å². The van der Waals surface area contributed by atoms with Crippen LogP contribution >= 0.6 is 22.9 Å². The Balaban J connectivity index is 1.56. The molecule has 2 aromatic heterocycles. The summed E-state index contributed by atoms with van der Waals surface area (Å²) < 4.78 is 9.28. The summed E-state index contributed by atoms with van der Waals surface area (Å²) in [6.07, 6.45) is 3.75. The number of fused-ring (bicyclic) bond motifs is 1. The lowest BCUT2D eigenvalue weighted by molar-refractivity contribution is -0.139. The molecule has 9 heteroatoms. The molecule has 0 radical (unpaired) electrons. The standard InChI is InChI=1S/C33H27ClN4O3S/c1-4-41-32(40)28-21(3)35-33-38(30(28)23-12-10-20(2)11-13-23)31(39)27(42-33)18-24-19-37(26-8-6-5-7-9-26)36-29(24)22-14-16-25(34)17-15-22/h5-19,30H,4H2,1-3H3. The zero-order valence-corrected chi connectivity index (χ0v) is 24.8. The number of aryl methyl sites for hydroxylation is 1. The second-order valence-corrected chi connectivity index (χ2v) is 11.4. The largest absolute Gasteiger partial charge is 0.463 e. The average Bonchev–Trinajstić information content (AvgIpc) is 3.54. The first-order chi connectivity index (χ1) is 20.3. The van der Waals surface area contributed by atoms with Crippen molar-refractivity contribution in [2.24, 2.45) is 4.99 Å². The number of hydrogen-bond donors (Lipinski definition) is 0. The van der Waals surface area contributed by atoms with E-state index in [1.807, 2.05) is 98.1 Å². The summed E-state index contributed by atoms with van der Waals surface area (Å²) >= 11 is 7.45. The molecule has 0 saturated heterocycles. The lowest BCUT2D eigenvalue weighted by Gasteiger charge is -2.24. The third-order valence-corrected chi connectivity index (χ3v) is 8.31. The minimum Gasteiger partial charge on any atom is -0.463 e. The number of ether oxygens (including phenoxy) is 1.